The first kappa shape index (κ1) is 26.2. The number of aryl methyl sites for hydroxylation is 1. The van der Waals surface area contributed by atoms with Crippen LogP contribution in [0.3, 0.4) is 0 Å². The highest BCUT2D eigenvalue weighted by atomic mass is 127. The molecule has 2 atom stereocenters. The van der Waals surface area contributed by atoms with Crippen LogP contribution in [0.25, 0.3) is 0 Å². The Balaban J connectivity index is 0.00000341. The number of guanidine groups is 1. The van der Waals surface area contributed by atoms with E-state index < -0.39 is 0 Å². The second-order valence-electron chi connectivity index (χ2n) is 8.48. The van der Waals surface area contributed by atoms with Crippen molar-refractivity contribution in [2.45, 2.75) is 45.9 Å². The van der Waals surface area contributed by atoms with Gasteiger partial charge in [0.05, 0.1) is 19.8 Å². The summed E-state index contributed by atoms with van der Waals surface area (Å²) in [5, 5.41) is 6.90. The molecule has 2 N–H and O–H groups in total. The van der Waals surface area contributed by atoms with E-state index in [1.54, 1.807) is 0 Å². The van der Waals surface area contributed by atoms with Crippen LogP contribution in [0.2, 0.25) is 0 Å². The van der Waals surface area contributed by atoms with Crippen molar-refractivity contribution in [3.05, 3.63) is 29.3 Å². The molecule has 1 aromatic carbocycles. The van der Waals surface area contributed by atoms with E-state index in [1.807, 2.05) is 0 Å². The number of hydrogen-bond donors (Lipinski definition) is 2. The summed E-state index contributed by atoms with van der Waals surface area (Å²) in [7, 11) is 2.19. The van der Waals surface area contributed by atoms with Gasteiger partial charge in [-0.15, -0.1) is 24.0 Å². The number of benzene rings is 1. The number of ether oxygens (including phenoxy) is 2. The maximum atomic E-state index is 6.22. The zero-order valence-electron chi connectivity index (χ0n) is 19.5. The maximum absolute atomic E-state index is 6.22. The number of nitrogens with zero attached hydrogens (tertiary/aromatic N) is 3. The van der Waals surface area contributed by atoms with E-state index in [4.69, 9.17) is 14.5 Å². The molecule has 7 nitrogen and oxygen atoms in total. The fourth-order valence-corrected chi connectivity index (χ4v) is 3.83. The van der Waals surface area contributed by atoms with Crippen LogP contribution in [0.4, 0.5) is 0 Å². The number of nitrogens with one attached hydrogen (secondary N) is 2. The molecule has 176 valence electrons. The number of halogens is 1. The Labute approximate surface area is 205 Å². The molecular weight excluding hydrogens is 505 g/mol. The van der Waals surface area contributed by atoms with E-state index >= 15 is 0 Å². The molecule has 0 spiro atoms. The predicted molar refractivity (Wildman–Crippen MR) is 138 cm³/mol. The third-order valence-electron chi connectivity index (χ3n) is 5.88. The second-order valence-corrected chi connectivity index (χ2v) is 8.48. The molecule has 0 aliphatic carbocycles. The Hall–Kier alpha value is -1.10. The van der Waals surface area contributed by atoms with Crippen molar-refractivity contribution in [1.82, 2.24) is 20.4 Å². The van der Waals surface area contributed by atoms with Gasteiger partial charge >= 0.3 is 0 Å². The van der Waals surface area contributed by atoms with E-state index in [0.29, 0.717) is 19.2 Å². The first-order valence-electron chi connectivity index (χ1n) is 11.3. The van der Waals surface area contributed by atoms with E-state index in [9.17, 15) is 0 Å². The fourth-order valence-electron chi connectivity index (χ4n) is 3.83. The van der Waals surface area contributed by atoms with Crippen LogP contribution >= 0.6 is 24.0 Å². The van der Waals surface area contributed by atoms with Crippen LogP contribution in [0.15, 0.2) is 23.2 Å². The van der Waals surface area contributed by atoms with Gasteiger partial charge in [-0.1, -0.05) is 12.1 Å². The summed E-state index contributed by atoms with van der Waals surface area (Å²) in [6.07, 6.45) is 1.09. The van der Waals surface area contributed by atoms with Crippen LogP contribution in [-0.4, -0.2) is 87.4 Å². The van der Waals surface area contributed by atoms with Crippen molar-refractivity contribution in [3.63, 3.8) is 0 Å². The Morgan fingerprint density at radius 2 is 2.03 bits per heavy atom. The summed E-state index contributed by atoms with van der Waals surface area (Å²) in [5.74, 6) is 1.78. The molecule has 3 rings (SSSR count). The normalized spacial score (nSPS) is 21.4. The van der Waals surface area contributed by atoms with Crippen LogP contribution in [0.5, 0.6) is 5.75 Å². The van der Waals surface area contributed by atoms with E-state index in [1.165, 1.54) is 5.56 Å². The van der Waals surface area contributed by atoms with Crippen LogP contribution in [0, 0.1) is 6.92 Å². The molecule has 0 radical (unpaired) electrons. The summed E-state index contributed by atoms with van der Waals surface area (Å²) in [6.45, 7) is 14.8. The molecule has 2 heterocycles. The van der Waals surface area contributed by atoms with Gasteiger partial charge in [0, 0.05) is 57.3 Å². The second kappa shape index (κ2) is 13.4. The van der Waals surface area contributed by atoms with Gasteiger partial charge in [0.25, 0.3) is 0 Å². The van der Waals surface area contributed by atoms with E-state index in [0.717, 1.165) is 69.6 Å². The summed E-state index contributed by atoms with van der Waals surface area (Å²) >= 11 is 0. The molecule has 2 aliphatic heterocycles. The van der Waals surface area contributed by atoms with Gasteiger partial charge in [0.1, 0.15) is 11.9 Å². The predicted octanol–water partition coefficient (Wildman–Crippen LogP) is 2.47. The topological polar surface area (TPSA) is 61.4 Å². The molecule has 0 bridgehead atoms. The van der Waals surface area contributed by atoms with Gasteiger partial charge in [-0.25, -0.2) is 4.99 Å². The summed E-state index contributed by atoms with van der Waals surface area (Å²) < 4.78 is 11.7. The SMILES string of the molecule is CCNC(=NCc1ccc(C)cc1OC1CCOC1)NCC(C)N1CCN(C)CC1.I. The van der Waals surface area contributed by atoms with Crippen molar-refractivity contribution in [3.8, 4) is 5.75 Å². The fraction of sp³-hybridized carbons (Fsp3) is 0.696. The molecule has 0 saturated carbocycles. The minimum Gasteiger partial charge on any atom is -0.488 e. The smallest absolute Gasteiger partial charge is 0.191 e. The Morgan fingerprint density at radius 3 is 2.71 bits per heavy atom. The maximum Gasteiger partial charge on any atom is 0.191 e. The van der Waals surface area contributed by atoms with Crippen molar-refractivity contribution in [2.75, 3.05) is 59.5 Å². The lowest BCUT2D eigenvalue weighted by molar-refractivity contribution is 0.120. The Kier molecular flexibility index (Phi) is 11.3. The summed E-state index contributed by atoms with van der Waals surface area (Å²) in [4.78, 5) is 9.77. The van der Waals surface area contributed by atoms with Gasteiger partial charge in [-0.05, 0) is 39.4 Å². The van der Waals surface area contributed by atoms with Crippen molar-refractivity contribution < 1.29 is 9.47 Å². The molecule has 0 amide bonds. The van der Waals surface area contributed by atoms with Crippen LogP contribution in [0.1, 0.15) is 31.4 Å². The minimum atomic E-state index is 0. The molecule has 8 heteroatoms. The van der Waals surface area contributed by atoms with Gasteiger partial charge in [0.2, 0.25) is 0 Å². The van der Waals surface area contributed by atoms with Crippen LogP contribution in [-0.2, 0) is 11.3 Å². The number of piperazine rings is 1. The first-order valence-corrected chi connectivity index (χ1v) is 11.3. The van der Waals surface area contributed by atoms with Gasteiger partial charge in [0.15, 0.2) is 5.96 Å². The quantitative estimate of drug-likeness (QED) is 0.298. The Morgan fingerprint density at radius 1 is 1.26 bits per heavy atom. The molecule has 2 aliphatic rings. The standard InChI is InChI=1S/C23H39N5O2.HI/c1-5-24-23(25-15-19(3)28-11-9-27(4)10-12-28)26-16-20-7-6-18(2)14-22(20)30-21-8-13-29-17-21;/h6-7,14,19,21H,5,8-13,15-17H2,1-4H3,(H2,24,25,26);1H. The average molecular weight is 546 g/mol. The molecule has 2 fully saturated rings. The number of rotatable bonds is 8. The Bertz CT molecular complexity index is 689. The molecule has 0 aromatic heterocycles. The zero-order valence-corrected chi connectivity index (χ0v) is 21.9. The highest BCUT2D eigenvalue weighted by molar-refractivity contribution is 14.0. The monoisotopic (exact) mass is 545 g/mol. The van der Waals surface area contributed by atoms with Gasteiger partial charge in [-0.2, -0.15) is 0 Å². The number of hydrogen-bond acceptors (Lipinski definition) is 5. The molecular formula is C23H40IN5O2. The highest BCUT2D eigenvalue weighted by Gasteiger charge is 2.20. The largest absolute Gasteiger partial charge is 0.488 e. The van der Waals surface area contributed by atoms with Gasteiger partial charge < -0.3 is 25.0 Å². The van der Waals surface area contributed by atoms with Crippen molar-refractivity contribution in [2.24, 2.45) is 4.99 Å². The third kappa shape index (κ3) is 8.40. The van der Waals surface area contributed by atoms with E-state index in [-0.39, 0.29) is 30.1 Å². The highest BCUT2D eigenvalue weighted by Crippen LogP contribution is 2.24. The third-order valence-corrected chi connectivity index (χ3v) is 5.88. The molecule has 2 saturated heterocycles. The van der Waals surface area contributed by atoms with Crippen molar-refractivity contribution >= 4 is 29.9 Å². The van der Waals surface area contributed by atoms with Crippen LogP contribution < -0.4 is 15.4 Å². The summed E-state index contributed by atoms with van der Waals surface area (Å²) in [6, 6.07) is 6.83. The number of aliphatic imine (C=N–C) groups is 1. The van der Waals surface area contributed by atoms with E-state index in [2.05, 4.69) is 66.5 Å². The molecule has 2 unspecified atom stereocenters. The van der Waals surface area contributed by atoms with Gasteiger partial charge in [-0.3, -0.25) is 4.90 Å². The minimum absolute atomic E-state index is 0. The van der Waals surface area contributed by atoms with Crippen molar-refractivity contribution in [1.29, 1.82) is 0 Å². The molecule has 1 aromatic rings. The average Bonchev–Trinajstić information content (AvgIpc) is 3.24. The lowest BCUT2D eigenvalue weighted by Crippen LogP contribution is -2.52. The summed E-state index contributed by atoms with van der Waals surface area (Å²) in [5.41, 5.74) is 2.31. The first-order chi connectivity index (χ1) is 14.5. The lowest BCUT2D eigenvalue weighted by atomic mass is 10.1. The lowest BCUT2D eigenvalue weighted by Gasteiger charge is -2.36. The zero-order chi connectivity index (χ0) is 21.3. The molecule has 31 heavy (non-hydrogen) atoms. The number of likely N-dealkylation sites (N-methyl/N-ethyl adjacent to an activating group) is 1.